The van der Waals surface area contributed by atoms with Gasteiger partial charge in [-0.25, -0.2) is 9.80 Å². The number of para-hydroxylation sites is 1. The molecule has 0 spiro atoms. The molecule has 2 rings (SSSR count). The molecule has 3 N–H and O–H groups in total. The van der Waals surface area contributed by atoms with Gasteiger partial charge in [-0.3, -0.25) is 9.80 Å². The first-order chi connectivity index (χ1) is 8.93. The molecule has 0 saturated heterocycles. The predicted molar refractivity (Wildman–Crippen MR) is 72.8 cm³/mol. The third kappa shape index (κ3) is 4.17. The second-order valence-electron chi connectivity index (χ2n) is 4.24. The number of nitrogens with two attached hydrogens (primary N) is 1. The SMILES string of the molecule is CC(=O)O.CN(C(N)=O)N1CCCc2ccccc21. The Balaban J connectivity index is 0.000000399. The molecule has 0 saturated carbocycles. The Hall–Kier alpha value is -2.24. The number of primary amides is 1. The number of hydrogen-bond acceptors (Lipinski definition) is 3. The minimum Gasteiger partial charge on any atom is -0.481 e. The number of urea groups is 1. The van der Waals surface area contributed by atoms with E-state index in [0.717, 1.165) is 32.0 Å². The summed E-state index contributed by atoms with van der Waals surface area (Å²) in [6.45, 7) is 1.93. The summed E-state index contributed by atoms with van der Waals surface area (Å²) in [4.78, 5) is 20.1. The molecule has 0 unspecified atom stereocenters. The number of amides is 2. The van der Waals surface area contributed by atoms with Crippen LogP contribution in [0.2, 0.25) is 0 Å². The number of aryl methyl sites for hydroxylation is 1. The summed E-state index contributed by atoms with van der Waals surface area (Å²) < 4.78 is 0. The van der Waals surface area contributed by atoms with Crippen molar-refractivity contribution in [2.45, 2.75) is 19.8 Å². The highest BCUT2D eigenvalue weighted by Gasteiger charge is 2.21. The molecule has 0 bridgehead atoms. The molecule has 0 atom stereocenters. The van der Waals surface area contributed by atoms with Gasteiger partial charge in [-0.15, -0.1) is 0 Å². The normalized spacial score (nSPS) is 12.8. The fourth-order valence-electron chi connectivity index (χ4n) is 1.94. The molecule has 1 aromatic carbocycles. The summed E-state index contributed by atoms with van der Waals surface area (Å²) in [6.07, 6.45) is 2.12. The van der Waals surface area contributed by atoms with Crippen LogP contribution in [0.25, 0.3) is 0 Å². The number of hydrogen-bond donors (Lipinski definition) is 2. The van der Waals surface area contributed by atoms with Gasteiger partial charge in [0.2, 0.25) is 0 Å². The van der Waals surface area contributed by atoms with Crippen molar-refractivity contribution < 1.29 is 14.7 Å². The van der Waals surface area contributed by atoms with Crippen molar-refractivity contribution in [3.63, 3.8) is 0 Å². The van der Waals surface area contributed by atoms with Crippen molar-refractivity contribution in [1.82, 2.24) is 5.01 Å². The van der Waals surface area contributed by atoms with Crippen LogP contribution >= 0.6 is 0 Å². The van der Waals surface area contributed by atoms with Gasteiger partial charge < -0.3 is 10.8 Å². The summed E-state index contributed by atoms with van der Waals surface area (Å²) in [7, 11) is 1.70. The minimum absolute atomic E-state index is 0.424. The lowest BCUT2D eigenvalue weighted by Gasteiger charge is -2.36. The van der Waals surface area contributed by atoms with Crippen LogP contribution in [0.4, 0.5) is 10.5 Å². The Morgan fingerprint density at radius 1 is 1.37 bits per heavy atom. The van der Waals surface area contributed by atoms with Gasteiger partial charge in [0, 0.05) is 20.5 Å². The van der Waals surface area contributed by atoms with Gasteiger partial charge in [-0.1, -0.05) is 18.2 Å². The highest BCUT2D eigenvalue weighted by molar-refractivity contribution is 5.74. The highest BCUT2D eigenvalue weighted by atomic mass is 16.4. The van der Waals surface area contributed by atoms with Crippen LogP contribution in [0.3, 0.4) is 0 Å². The van der Waals surface area contributed by atoms with E-state index in [1.54, 1.807) is 7.05 Å². The first-order valence-electron chi connectivity index (χ1n) is 6.01. The number of benzene rings is 1. The topological polar surface area (TPSA) is 86.9 Å². The maximum atomic E-state index is 11.1. The molecule has 2 amide bonds. The Morgan fingerprint density at radius 3 is 2.53 bits per heavy atom. The minimum atomic E-state index is -0.833. The van der Waals surface area contributed by atoms with Crippen molar-refractivity contribution in [1.29, 1.82) is 0 Å². The zero-order valence-electron chi connectivity index (χ0n) is 11.2. The molecule has 1 aliphatic rings. The van der Waals surface area contributed by atoms with Crippen molar-refractivity contribution >= 4 is 17.7 Å². The Bertz CT molecular complexity index is 458. The summed E-state index contributed by atoms with van der Waals surface area (Å²) in [5, 5.41) is 10.8. The molecule has 0 fully saturated rings. The Kier molecular flexibility index (Phi) is 5.17. The van der Waals surface area contributed by atoms with Crippen LogP contribution in [0, 0.1) is 0 Å². The van der Waals surface area contributed by atoms with E-state index in [1.165, 1.54) is 10.6 Å². The van der Waals surface area contributed by atoms with E-state index in [0.29, 0.717) is 0 Å². The largest absolute Gasteiger partial charge is 0.481 e. The molecular formula is C13H19N3O3. The third-order valence-electron chi connectivity index (χ3n) is 2.77. The second-order valence-corrected chi connectivity index (χ2v) is 4.24. The molecule has 6 nitrogen and oxygen atoms in total. The summed E-state index contributed by atoms with van der Waals surface area (Å²) in [6, 6.07) is 7.69. The maximum Gasteiger partial charge on any atom is 0.333 e. The van der Waals surface area contributed by atoms with Gasteiger partial charge in [-0.2, -0.15) is 0 Å². The zero-order valence-corrected chi connectivity index (χ0v) is 11.2. The average Bonchev–Trinajstić information content (AvgIpc) is 2.36. The number of anilines is 1. The molecule has 0 aromatic heterocycles. The monoisotopic (exact) mass is 265 g/mol. The molecule has 1 aliphatic heterocycles. The van der Waals surface area contributed by atoms with Gasteiger partial charge in [0.15, 0.2) is 0 Å². The van der Waals surface area contributed by atoms with E-state index in [1.807, 2.05) is 23.2 Å². The number of carboxylic acid groups (broad SMARTS) is 1. The number of nitrogens with zero attached hydrogens (tertiary/aromatic N) is 2. The molecule has 1 aromatic rings. The van der Waals surface area contributed by atoms with E-state index in [9.17, 15) is 4.79 Å². The van der Waals surface area contributed by atoms with Crippen LogP contribution in [0.1, 0.15) is 18.9 Å². The highest BCUT2D eigenvalue weighted by Crippen LogP contribution is 2.27. The van der Waals surface area contributed by atoms with Gasteiger partial charge in [0.25, 0.3) is 5.97 Å². The summed E-state index contributed by atoms with van der Waals surface area (Å²) in [5.41, 5.74) is 7.63. The van der Waals surface area contributed by atoms with Crippen LogP contribution in [-0.4, -0.2) is 35.7 Å². The number of carbonyl (C=O) groups is 2. The standard InChI is InChI=1S/C11H15N3O.C2H4O2/c1-13(11(12)15)14-8-4-6-9-5-2-3-7-10(9)14;1-2(3)4/h2-3,5,7H,4,6,8H2,1H3,(H2,12,15);1H3,(H,3,4). The predicted octanol–water partition coefficient (Wildman–Crippen LogP) is 1.46. The summed E-state index contributed by atoms with van der Waals surface area (Å²) >= 11 is 0. The van der Waals surface area contributed by atoms with Crippen molar-refractivity contribution in [2.24, 2.45) is 5.73 Å². The number of rotatable bonds is 1. The van der Waals surface area contributed by atoms with Crippen molar-refractivity contribution in [3.8, 4) is 0 Å². The molecule has 0 aliphatic carbocycles. The second kappa shape index (κ2) is 6.63. The number of hydrazine groups is 1. The Morgan fingerprint density at radius 2 is 1.95 bits per heavy atom. The number of fused-ring (bicyclic) bond motifs is 1. The van der Waals surface area contributed by atoms with E-state index in [-0.39, 0.29) is 0 Å². The van der Waals surface area contributed by atoms with Gasteiger partial charge in [0.1, 0.15) is 0 Å². The van der Waals surface area contributed by atoms with Crippen LogP contribution in [0.5, 0.6) is 0 Å². The smallest absolute Gasteiger partial charge is 0.333 e. The zero-order chi connectivity index (χ0) is 14.4. The Labute approximate surface area is 112 Å². The quantitative estimate of drug-likeness (QED) is 0.804. The van der Waals surface area contributed by atoms with Gasteiger partial charge in [0.05, 0.1) is 5.69 Å². The number of aliphatic carboxylic acids is 1. The van der Waals surface area contributed by atoms with Crippen molar-refractivity contribution in [3.05, 3.63) is 29.8 Å². The first kappa shape index (κ1) is 14.8. The average molecular weight is 265 g/mol. The molecule has 104 valence electrons. The van der Waals surface area contributed by atoms with E-state index in [4.69, 9.17) is 15.6 Å². The first-order valence-corrected chi connectivity index (χ1v) is 6.01. The van der Waals surface area contributed by atoms with Crippen LogP contribution < -0.4 is 10.7 Å². The molecule has 19 heavy (non-hydrogen) atoms. The molecule has 0 radical (unpaired) electrons. The lowest BCUT2D eigenvalue weighted by atomic mass is 10.0. The third-order valence-corrected chi connectivity index (χ3v) is 2.77. The van der Waals surface area contributed by atoms with E-state index >= 15 is 0 Å². The van der Waals surface area contributed by atoms with Crippen LogP contribution in [-0.2, 0) is 11.2 Å². The fourth-order valence-corrected chi connectivity index (χ4v) is 1.94. The van der Waals surface area contributed by atoms with E-state index in [2.05, 4.69) is 6.07 Å². The van der Waals surface area contributed by atoms with E-state index < -0.39 is 12.0 Å². The number of carboxylic acids is 1. The fraction of sp³-hybridized carbons (Fsp3) is 0.385. The van der Waals surface area contributed by atoms with Crippen molar-refractivity contribution in [2.75, 3.05) is 18.6 Å². The number of carbonyl (C=O) groups excluding carboxylic acids is 1. The molecule has 1 heterocycles. The van der Waals surface area contributed by atoms with Gasteiger partial charge in [-0.05, 0) is 24.5 Å². The summed E-state index contributed by atoms with van der Waals surface area (Å²) in [5.74, 6) is -0.833. The lowest BCUT2D eigenvalue weighted by molar-refractivity contribution is -0.134. The maximum absolute atomic E-state index is 11.1. The molecule has 6 heteroatoms. The molecular weight excluding hydrogens is 246 g/mol. The lowest BCUT2D eigenvalue weighted by Crippen LogP contribution is -2.48. The van der Waals surface area contributed by atoms with Crippen LogP contribution in [0.15, 0.2) is 24.3 Å². The van der Waals surface area contributed by atoms with Gasteiger partial charge >= 0.3 is 6.03 Å².